The monoisotopic (exact) mass is 267 g/mol. The van der Waals surface area contributed by atoms with E-state index >= 15 is 0 Å². The predicted octanol–water partition coefficient (Wildman–Crippen LogP) is 1.36. The van der Waals surface area contributed by atoms with Crippen LogP contribution in [-0.2, 0) is 11.3 Å². The molecule has 1 aliphatic rings. The Morgan fingerprint density at radius 3 is 2.61 bits per heavy atom. The Labute approximate surface area is 111 Å². The number of aromatic nitrogens is 1. The zero-order valence-electron chi connectivity index (χ0n) is 10.6. The second kappa shape index (κ2) is 4.68. The average Bonchev–Trinajstić information content (AvgIpc) is 2.54. The lowest BCUT2D eigenvalue weighted by Crippen LogP contribution is -2.52. The number of hydrogen-bond acceptors (Lipinski definition) is 4. The Kier molecular flexibility index (Phi) is 3.38. The van der Waals surface area contributed by atoms with Gasteiger partial charge in [0, 0.05) is 12.1 Å². The molecule has 6 heteroatoms. The van der Waals surface area contributed by atoms with E-state index in [4.69, 9.17) is 22.5 Å². The number of carbonyl (C=O) groups excluding carboxylic acids is 1. The fraction of sp³-hybridized carbons (Fsp3) is 0.583. The molecule has 0 radical (unpaired) electrons. The third kappa shape index (κ3) is 2.01. The maximum absolute atomic E-state index is 12.2. The molecule has 3 N–H and O–H groups in total. The molecule has 98 valence electrons. The maximum atomic E-state index is 12.2. The molecule has 1 fully saturated rings. The molecule has 1 amide bonds. The van der Waals surface area contributed by atoms with E-state index < -0.39 is 5.41 Å². The highest BCUT2D eigenvalue weighted by atomic mass is 32.1. The van der Waals surface area contributed by atoms with Gasteiger partial charge in [0.2, 0.25) is 5.91 Å². The van der Waals surface area contributed by atoms with Gasteiger partial charge in [-0.05, 0) is 26.7 Å². The van der Waals surface area contributed by atoms with E-state index in [9.17, 15) is 4.79 Å². The Balaban J connectivity index is 2.03. The second-order valence-corrected chi connectivity index (χ2v) is 5.23. The van der Waals surface area contributed by atoms with E-state index in [1.54, 1.807) is 0 Å². The summed E-state index contributed by atoms with van der Waals surface area (Å²) >= 11 is 5.01. The fourth-order valence-corrected chi connectivity index (χ4v) is 2.50. The third-order valence-corrected chi connectivity index (χ3v) is 4.11. The molecule has 1 saturated carbocycles. The van der Waals surface area contributed by atoms with E-state index in [0.29, 0.717) is 11.5 Å². The van der Waals surface area contributed by atoms with Crippen molar-refractivity contribution < 1.29 is 9.32 Å². The lowest BCUT2D eigenvalue weighted by Gasteiger charge is -2.39. The van der Waals surface area contributed by atoms with Crippen molar-refractivity contribution in [2.45, 2.75) is 39.7 Å². The highest BCUT2D eigenvalue weighted by molar-refractivity contribution is 7.80. The van der Waals surface area contributed by atoms with Gasteiger partial charge in [-0.2, -0.15) is 0 Å². The molecule has 0 bridgehead atoms. The van der Waals surface area contributed by atoms with Gasteiger partial charge in [-0.3, -0.25) is 4.79 Å². The summed E-state index contributed by atoms with van der Waals surface area (Å²) in [5.41, 5.74) is 6.77. The standard InChI is InChI=1S/C12H17N3O2S/c1-7-9(8(2)17-15-7)6-14-11(16)12(10(13)18)4-3-5-12/h3-6H2,1-2H3,(H2,13,18)(H,14,16). The number of aryl methyl sites for hydroxylation is 2. The summed E-state index contributed by atoms with van der Waals surface area (Å²) in [6.07, 6.45) is 2.49. The number of thiocarbonyl (C=S) groups is 1. The number of nitrogens with two attached hydrogens (primary N) is 1. The molecule has 18 heavy (non-hydrogen) atoms. The molecule has 1 aromatic heterocycles. The fourth-order valence-electron chi connectivity index (χ4n) is 2.21. The maximum Gasteiger partial charge on any atom is 0.233 e. The van der Waals surface area contributed by atoms with Crippen molar-refractivity contribution in [3.63, 3.8) is 0 Å². The van der Waals surface area contributed by atoms with Crippen molar-refractivity contribution in [3.8, 4) is 0 Å². The topological polar surface area (TPSA) is 81.2 Å². The van der Waals surface area contributed by atoms with Crippen LogP contribution in [0.4, 0.5) is 0 Å². The molecule has 0 atom stereocenters. The molecule has 0 saturated heterocycles. The SMILES string of the molecule is Cc1noc(C)c1CNC(=O)C1(C(N)=S)CCC1. The van der Waals surface area contributed by atoms with Crippen molar-refractivity contribution >= 4 is 23.1 Å². The van der Waals surface area contributed by atoms with Gasteiger partial charge in [0.25, 0.3) is 0 Å². The molecule has 0 aromatic carbocycles. The number of amides is 1. The van der Waals surface area contributed by atoms with Crippen molar-refractivity contribution in [2.24, 2.45) is 11.1 Å². The first kappa shape index (κ1) is 13.0. The van der Waals surface area contributed by atoms with E-state index in [-0.39, 0.29) is 5.91 Å². The van der Waals surface area contributed by atoms with Gasteiger partial charge in [0.1, 0.15) is 5.76 Å². The van der Waals surface area contributed by atoms with Crippen LogP contribution in [0, 0.1) is 19.3 Å². The predicted molar refractivity (Wildman–Crippen MR) is 70.9 cm³/mol. The first-order chi connectivity index (χ1) is 8.47. The van der Waals surface area contributed by atoms with Crippen LogP contribution in [0.5, 0.6) is 0 Å². The second-order valence-electron chi connectivity index (χ2n) is 4.79. The molecule has 0 aliphatic heterocycles. The molecule has 1 aliphatic carbocycles. The number of carbonyl (C=O) groups is 1. The molecular formula is C12H17N3O2S. The summed E-state index contributed by atoms with van der Waals surface area (Å²) in [6.45, 7) is 4.09. The quantitative estimate of drug-likeness (QED) is 0.805. The Hall–Kier alpha value is -1.43. The van der Waals surface area contributed by atoms with Gasteiger partial charge in [0.15, 0.2) is 0 Å². The Bertz CT molecular complexity index is 472. The molecular weight excluding hydrogens is 250 g/mol. The summed E-state index contributed by atoms with van der Waals surface area (Å²) in [6, 6.07) is 0. The van der Waals surface area contributed by atoms with Crippen LogP contribution in [0.2, 0.25) is 0 Å². The molecule has 0 unspecified atom stereocenters. The largest absolute Gasteiger partial charge is 0.392 e. The highest BCUT2D eigenvalue weighted by Gasteiger charge is 2.46. The minimum atomic E-state index is -0.631. The van der Waals surface area contributed by atoms with Crippen LogP contribution in [-0.4, -0.2) is 16.1 Å². The molecule has 1 heterocycles. The van der Waals surface area contributed by atoms with E-state index in [1.807, 2.05) is 13.8 Å². The normalized spacial score (nSPS) is 17.0. The number of rotatable bonds is 4. The van der Waals surface area contributed by atoms with Crippen LogP contribution in [0.15, 0.2) is 4.52 Å². The first-order valence-corrected chi connectivity index (χ1v) is 6.38. The average molecular weight is 267 g/mol. The van der Waals surface area contributed by atoms with Crippen LogP contribution in [0.3, 0.4) is 0 Å². The van der Waals surface area contributed by atoms with Crippen molar-refractivity contribution in [3.05, 3.63) is 17.0 Å². The van der Waals surface area contributed by atoms with Crippen LogP contribution >= 0.6 is 12.2 Å². The summed E-state index contributed by atoms with van der Waals surface area (Å²) < 4.78 is 5.05. The third-order valence-electron chi connectivity index (χ3n) is 3.72. The molecule has 2 rings (SSSR count). The zero-order chi connectivity index (χ0) is 13.3. The summed E-state index contributed by atoms with van der Waals surface area (Å²) in [4.78, 5) is 12.5. The van der Waals surface area contributed by atoms with Gasteiger partial charge in [-0.25, -0.2) is 0 Å². The van der Waals surface area contributed by atoms with Gasteiger partial charge < -0.3 is 15.6 Å². The smallest absolute Gasteiger partial charge is 0.233 e. The number of hydrogen-bond donors (Lipinski definition) is 2. The van der Waals surface area contributed by atoms with Crippen LogP contribution in [0.1, 0.15) is 36.3 Å². The minimum absolute atomic E-state index is 0.0822. The number of nitrogens with one attached hydrogen (secondary N) is 1. The summed E-state index contributed by atoms with van der Waals surface area (Å²) in [5, 5.41) is 6.73. The van der Waals surface area contributed by atoms with Gasteiger partial charge in [0.05, 0.1) is 16.1 Å². The zero-order valence-corrected chi connectivity index (χ0v) is 11.4. The highest BCUT2D eigenvalue weighted by Crippen LogP contribution is 2.41. The molecule has 0 spiro atoms. The van der Waals surface area contributed by atoms with E-state index in [2.05, 4.69) is 10.5 Å². The van der Waals surface area contributed by atoms with Gasteiger partial charge in [-0.1, -0.05) is 23.8 Å². The Morgan fingerprint density at radius 1 is 1.56 bits per heavy atom. The lowest BCUT2D eigenvalue weighted by atomic mass is 9.68. The van der Waals surface area contributed by atoms with Gasteiger partial charge in [-0.15, -0.1) is 0 Å². The Morgan fingerprint density at radius 2 is 2.22 bits per heavy atom. The summed E-state index contributed by atoms with van der Waals surface area (Å²) in [7, 11) is 0. The van der Waals surface area contributed by atoms with Crippen LogP contribution in [0.25, 0.3) is 0 Å². The van der Waals surface area contributed by atoms with Crippen molar-refractivity contribution in [2.75, 3.05) is 0 Å². The van der Waals surface area contributed by atoms with Crippen LogP contribution < -0.4 is 11.1 Å². The number of nitrogens with zero attached hydrogens (tertiary/aromatic N) is 1. The van der Waals surface area contributed by atoms with Crippen molar-refractivity contribution in [1.29, 1.82) is 0 Å². The van der Waals surface area contributed by atoms with Crippen molar-refractivity contribution in [1.82, 2.24) is 10.5 Å². The first-order valence-electron chi connectivity index (χ1n) is 5.97. The summed E-state index contributed by atoms with van der Waals surface area (Å²) in [5.74, 6) is 0.645. The van der Waals surface area contributed by atoms with Gasteiger partial charge >= 0.3 is 0 Å². The lowest BCUT2D eigenvalue weighted by molar-refractivity contribution is -0.131. The van der Waals surface area contributed by atoms with E-state index in [0.717, 1.165) is 36.3 Å². The molecule has 5 nitrogen and oxygen atoms in total. The molecule has 1 aromatic rings. The van der Waals surface area contributed by atoms with E-state index in [1.165, 1.54) is 0 Å². The minimum Gasteiger partial charge on any atom is -0.392 e.